The first-order chi connectivity index (χ1) is 8.28. The topological polar surface area (TPSA) is 60.2 Å². The lowest BCUT2D eigenvalue weighted by Crippen LogP contribution is -2.04. The fourth-order valence-electron chi connectivity index (χ4n) is 1.44. The molecule has 5 nitrogen and oxygen atoms in total. The second kappa shape index (κ2) is 5.34. The first-order valence-electron chi connectivity index (χ1n) is 5.51. The molecular weight excluding hydrogens is 218 g/mol. The largest absolute Gasteiger partial charge is 0.478 e. The molecule has 2 aromatic rings. The van der Waals surface area contributed by atoms with E-state index in [1.165, 1.54) is 0 Å². The molecular formula is C12H15N3O2. The van der Waals surface area contributed by atoms with Crippen molar-refractivity contribution in [3.8, 4) is 5.88 Å². The maximum absolute atomic E-state index is 5.35. The van der Waals surface area contributed by atoms with Crippen LogP contribution in [-0.2, 0) is 6.54 Å². The van der Waals surface area contributed by atoms with Crippen LogP contribution in [0.4, 0.5) is 5.82 Å². The second-order valence-electron chi connectivity index (χ2n) is 3.56. The van der Waals surface area contributed by atoms with Crippen molar-refractivity contribution in [2.75, 3.05) is 11.9 Å². The average molecular weight is 233 g/mol. The van der Waals surface area contributed by atoms with Gasteiger partial charge in [0, 0.05) is 18.2 Å². The number of furan rings is 1. The first kappa shape index (κ1) is 11.4. The summed E-state index contributed by atoms with van der Waals surface area (Å²) in [5, 5.41) is 3.20. The van der Waals surface area contributed by atoms with Crippen LogP contribution in [0, 0.1) is 6.92 Å². The lowest BCUT2D eigenvalue weighted by atomic mass is 10.3. The van der Waals surface area contributed by atoms with Gasteiger partial charge in [-0.2, -0.15) is 4.98 Å². The van der Waals surface area contributed by atoms with E-state index in [1.807, 2.05) is 19.9 Å². The van der Waals surface area contributed by atoms with Crippen LogP contribution in [0.2, 0.25) is 0 Å². The SMILES string of the molecule is CCOc1cc(NCc2ccoc2)nc(C)n1. The van der Waals surface area contributed by atoms with Gasteiger partial charge in [-0.1, -0.05) is 0 Å². The van der Waals surface area contributed by atoms with Gasteiger partial charge in [-0.15, -0.1) is 0 Å². The molecule has 0 aliphatic heterocycles. The molecule has 0 aliphatic rings. The number of hydrogen-bond donors (Lipinski definition) is 1. The average Bonchev–Trinajstić information content (AvgIpc) is 2.79. The van der Waals surface area contributed by atoms with Crippen molar-refractivity contribution in [3.05, 3.63) is 36.0 Å². The molecule has 2 heterocycles. The summed E-state index contributed by atoms with van der Waals surface area (Å²) >= 11 is 0. The molecule has 0 fully saturated rings. The summed E-state index contributed by atoms with van der Waals surface area (Å²) in [6.07, 6.45) is 3.35. The van der Waals surface area contributed by atoms with Gasteiger partial charge in [0.2, 0.25) is 5.88 Å². The first-order valence-corrected chi connectivity index (χ1v) is 5.51. The molecule has 0 saturated heterocycles. The standard InChI is InChI=1S/C12H15N3O2/c1-3-17-12-6-11(14-9(2)15-12)13-7-10-4-5-16-8-10/h4-6,8H,3,7H2,1-2H3,(H,13,14,15). The van der Waals surface area contributed by atoms with Gasteiger partial charge in [0.05, 0.1) is 19.1 Å². The predicted molar refractivity (Wildman–Crippen MR) is 64.0 cm³/mol. The zero-order valence-corrected chi connectivity index (χ0v) is 9.93. The van der Waals surface area contributed by atoms with E-state index in [1.54, 1.807) is 18.6 Å². The number of hydrogen-bond acceptors (Lipinski definition) is 5. The van der Waals surface area contributed by atoms with Crippen molar-refractivity contribution in [2.45, 2.75) is 20.4 Å². The normalized spacial score (nSPS) is 10.2. The number of rotatable bonds is 5. The van der Waals surface area contributed by atoms with E-state index in [9.17, 15) is 0 Å². The molecule has 90 valence electrons. The van der Waals surface area contributed by atoms with E-state index < -0.39 is 0 Å². The maximum Gasteiger partial charge on any atom is 0.218 e. The Bertz CT molecular complexity index is 469. The van der Waals surface area contributed by atoms with Crippen LogP contribution in [0.1, 0.15) is 18.3 Å². The molecule has 17 heavy (non-hydrogen) atoms. The van der Waals surface area contributed by atoms with Gasteiger partial charge in [-0.3, -0.25) is 0 Å². The minimum Gasteiger partial charge on any atom is -0.478 e. The van der Waals surface area contributed by atoms with E-state index in [-0.39, 0.29) is 0 Å². The van der Waals surface area contributed by atoms with E-state index in [0.29, 0.717) is 24.9 Å². The minimum atomic E-state index is 0.592. The van der Waals surface area contributed by atoms with E-state index in [0.717, 1.165) is 11.4 Å². The Morgan fingerprint density at radius 2 is 2.29 bits per heavy atom. The molecule has 0 aliphatic carbocycles. The third-order valence-electron chi connectivity index (χ3n) is 2.16. The highest BCUT2D eigenvalue weighted by molar-refractivity contribution is 5.39. The van der Waals surface area contributed by atoms with Crippen LogP contribution < -0.4 is 10.1 Å². The molecule has 1 N–H and O–H groups in total. The highest BCUT2D eigenvalue weighted by Gasteiger charge is 2.02. The smallest absolute Gasteiger partial charge is 0.218 e. The monoisotopic (exact) mass is 233 g/mol. The zero-order valence-electron chi connectivity index (χ0n) is 9.93. The molecule has 0 aromatic carbocycles. The van der Waals surface area contributed by atoms with Crippen molar-refractivity contribution in [1.29, 1.82) is 0 Å². The number of anilines is 1. The van der Waals surface area contributed by atoms with Crippen LogP contribution >= 0.6 is 0 Å². The molecule has 0 unspecified atom stereocenters. The molecule has 0 bridgehead atoms. The van der Waals surface area contributed by atoms with E-state index >= 15 is 0 Å². The highest BCUT2D eigenvalue weighted by atomic mass is 16.5. The quantitative estimate of drug-likeness (QED) is 0.859. The molecule has 0 saturated carbocycles. The van der Waals surface area contributed by atoms with Gasteiger partial charge in [0.25, 0.3) is 0 Å². The Morgan fingerprint density at radius 1 is 1.41 bits per heavy atom. The van der Waals surface area contributed by atoms with Crippen LogP contribution in [0.25, 0.3) is 0 Å². The summed E-state index contributed by atoms with van der Waals surface area (Å²) < 4.78 is 10.3. The Hall–Kier alpha value is -2.04. The Morgan fingerprint density at radius 3 is 3.00 bits per heavy atom. The van der Waals surface area contributed by atoms with Crippen LogP contribution in [0.15, 0.2) is 29.1 Å². The van der Waals surface area contributed by atoms with Gasteiger partial charge >= 0.3 is 0 Å². The summed E-state index contributed by atoms with van der Waals surface area (Å²) in [7, 11) is 0. The van der Waals surface area contributed by atoms with Crippen molar-refractivity contribution in [2.24, 2.45) is 0 Å². The lowest BCUT2D eigenvalue weighted by molar-refractivity contribution is 0.325. The summed E-state index contributed by atoms with van der Waals surface area (Å²) in [5.74, 6) is 2.03. The fourth-order valence-corrected chi connectivity index (χ4v) is 1.44. The van der Waals surface area contributed by atoms with Crippen molar-refractivity contribution in [1.82, 2.24) is 9.97 Å². The Balaban J connectivity index is 2.04. The highest BCUT2D eigenvalue weighted by Crippen LogP contribution is 2.14. The van der Waals surface area contributed by atoms with Crippen LogP contribution in [0.3, 0.4) is 0 Å². The number of nitrogens with one attached hydrogen (secondary N) is 1. The molecule has 0 spiro atoms. The van der Waals surface area contributed by atoms with Gasteiger partial charge in [-0.25, -0.2) is 4.98 Å². The third-order valence-corrected chi connectivity index (χ3v) is 2.16. The fraction of sp³-hybridized carbons (Fsp3) is 0.333. The Labute approximate surface area is 99.8 Å². The Kier molecular flexibility index (Phi) is 3.59. The summed E-state index contributed by atoms with van der Waals surface area (Å²) in [6.45, 7) is 5.03. The number of nitrogens with zero attached hydrogens (tertiary/aromatic N) is 2. The summed E-state index contributed by atoms with van der Waals surface area (Å²) in [4.78, 5) is 8.46. The van der Waals surface area contributed by atoms with Crippen molar-refractivity contribution < 1.29 is 9.15 Å². The molecule has 0 atom stereocenters. The summed E-state index contributed by atoms with van der Waals surface area (Å²) in [5.41, 5.74) is 1.07. The number of aryl methyl sites for hydroxylation is 1. The molecule has 0 amide bonds. The van der Waals surface area contributed by atoms with Crippen molar-refractivity contribution >= 4 is 5.82 Å². The zero-order chi connectivity index (χ0) is 12.1. The molecule has 2 rings (SSSR count). The van der Waals surface area contributed by atoms with Gasteiger partial charge < -0.3 is 14.5 Å². The van der Waals surface area contributed by atoms with Gasteiger partial charge in [0.1, 0.15) is 11.6 Å². The predicted octanol–water partition coefficient (Wildman–Crippen LogP) is 2.39. The van der Waals surface area contributed by atoms with Crippen LogP contribution in [-0.4, -0.2) is 16.6 Å². The number of aromatic nitrogens is 2. The van der Waals surface area contributed by atoms with Gasteiger partial charge in [0.15, 0.2) is 0 Å². The lowest BCUT2D eigenvalue weighted by Gasteiger charge is -2.07. The third kappa shape index (κ3) is 3.21. The van der Waals surface area contributed by atoms with Crippen LogP contribution in [0.5, 0.6) is 5.88 Å². The van der Waals surface area contributed by atoms with E-state index in [4.69, 9.17) is 9.15 Å². The minimum absolute atomic E-state index is 0.592. The summed E-state index contributed by atoms with van der Waals surface area (Å²) in [6, 6.07) is 3.70. The second-order valence-corrected chi connectivity index (χ2v) is 3.56. The van der Waals surface area contributed by atoms with Crippen molar-refractivity contribution in [3.63, 3.8) is 0 Å². The maximum atomic E-state index is 5.35. The van der Waals surface area contributed by atoms with E-state index in [2.05, 4.69) is 15.3 Å². The molecule has 2 aromatic heterocycles. The number of ether oxygens (including phenoxy) is 1. The molecule has 5 heteroatoms. The molecule has 0 radical (unpaired) electrons. The van der Waals surface area contributed by atoms with Gasteiger partial charge in [-0.05, 0) is 19.9 Å².